The standard InChI is InChI=1S/C11H7F2N3O/c1-5-2-9(16-17-5)11-14-8-4-6(12)3-7(13)10(8)15-11/h2-4H,1H3,(H,14,15). The molecule has 2 aromatic heterocycles. The van der Waals surface area contributed by atoms with Gasteiger partial charge in [0.1, 0.15) is 22.8 Å². The molecule has 0 aliphatic heterocycles. The Bertz CT molecular complexity index is 702. The van der Waals surface area contributed by atoms with E-state index in [9.17, 15) is 8.78 Å². The van der Waals surface area contributed by atoms with Gasteiger partial charge in [-0.05, 0) is 13.0 Å². The Morgan fingerprint density at radius 3 is 2.76 bits per heavy atom. The number of fused-ring (bicyclic) bond motifs is 1. The van der Waals surface area contributed by atoms with Crippen LogP contribution in [-0.2, 0) is 0 Å². The minimum atomic E-state index is -0.706. The van der Waals surface area contributed by atoms with Crippen LogP contribution in [-0.4, -0.2) is 15.1 Å². The molecule has 0 fully saturated rings. The molecule has 1 aromatic carbocycles. The Labute approximate surface area is 94.3 Å². The van der Waals surface area contributed by atoms with Crippen molar-refractivity contribution in [2.75, 3.05) is 0 Å². The van der Waals surface area contributed by atoms with Gasteiger partial charge in [-0.3, -0.25) is 0 Å². The lowest BCUT2D eigenvalue weighted by molar-refractivity contribution is 0.399. The summed E-state index contributed by atoms with van der Waals surface area (Å²) in [7, 11) is 0. The molecule has 0 unspecified atom stereocenters. The van der Waals surface area contributed by atoms with Gasteiger partial charge in [0.25, 0.3) is 0 Å². The fourth-order valence-corrected chi connectivity index (χ4v) is 1.64. The zero-order valence-electron chi connectivity index (χ0n) is 8.79. The lowest BCUT2D eigenvalue weighted by Gasteiger charge is -1.90. The number of halogens is 2. The first-order valence-electron chi connectivity index (χ1n) is 4.92. The first-order valence-corrected chi connectivity index (χ1v) is 4.92. The smallest absolute Gasteiger partial charge is 0.160 e. The molecule has 0 spiro atoms. The van der Waals surface area contributed by atoms with Gasteiger partial charge >= 0.3 is 0 Å². The van der Waals surface area contributed by atoms with E-state index in [0.29, 0.717) is 17.3 Å². The lowest BCUT2D eigenvalue weighted by atomic mass is 10.3. The van der Waals surface area contributed by atoms with Gasteiger partial charge in [-0.15, -0.1) is 0 Å². The molecule has 17 heavy (non-hydrogen) atoms. The summed E-state index contributed by atoms with van der Waals surface area (Å²) in [6, 6.07) is 3.63. The summed E-state index contributed by atoms with van der Waals surface area (Å²) in [6.07, 6.45) is 0. The van der Waals surface area contributed by atoms with E-state index in [0.717, 1.165) is 6.07 Å². The van der Waals surface area contributed by atoms with Crippen molar-refractivity contribution < 1.29 is 13.3 Å². The van der Waals surface area contributed by atoms with Crippen molar-refractivity contribution in [1.82, 2.24) is 15.1 Å². The molecule has 0 saturated carbocycles. The van der Waals surface area contributed by atoms with E-state index in [-0.39, 0.29) is 11.0 Å². The Balaban J connectivity index is 2.23. The van der Waals surface area contributed by atoms with Crippen molar-refractivity contribution in [3.05, 3.63) is 35.6 Å². The topological polar surface area (TPSA) is 54.7 Å². The van der Waals surface area contributed by atoms with Gasteiger partial charge in [0, 0.05) is 12.1 Å². The number of benzene rings is 1. The first kappa shape index (κ1) is 9.95. The summed E-state index contributed by atoms with van der Waals surface area (Å²) in [5, 5.41) is 3.75. The van der Waals surface area contributed by atoms with E-state index in [4.69, 9.17) is 4.52 Å². The fraction of sp³-hybridized carbons (Fsp3) is 0.0909. The van der Waals surface area contributed by atoms with Gasteiger partial charge in [-0.2, -0.15) is 0 Å². The van der Waals surface area contributed by atoms with Gasteiger partial charge in [0.15, 0.2) is 11.6 Å². The lowest BCUT2D eigenvalue weighted by Crippen LogP contribution is -1.81. The number of hydrogen-bond donors (Lipinski definition) is 1. The highest BCUT2D eigenvalue weighted by Gasteiger charge is 2.13. The number of aromatic amines is 1. The molecular weight excluding hydrogens is 228 g/mol. The Kier molecular flexibility index (Phi) is 1.98. The number of nitrogens with zero attached hydrogens (tertiary/aromatic N) is 2. The van der Waals surface area contributed by atoms with Crippen molar-refractivity contribution in [3.63, 3.8) is 0 Å². The van der Waals surface area contributed by atoms with Gasteiger partial charge in [0.05, 0.1) is 5.52 Å². The maximum Gasteiger partial charge on any atom is 0.160 e. The Morgan fingerprint density at radius 1 is 1.24 bits per heavy atom. The molecule has 3 rings (SSSR count). The molecule has 86 valence electrons. The van der Waals surface area contributed by atoms with Crippen LogP contribution in [0, 0.1) is 18.6 Å². The molecule has 6 heteroatoms. The summed E-state index contributed by atoms with van der Waals surface area (Å²) in [4.78, 5) is 6.81. The predicted octanol–water partition coefficient (Wildman–Crippen LogP) is 2.80. The highest BCUT2D eigenvalue weighted by Crippen LogP contribution is 2.22. The fourth-order valence-electron chi connectivity index (χ4n) is 1.64. The van der Waals surface area contributed by atoms with Crippen molar-refractivity contribution >= 4 is 11.0 Å². The number of rotatable bonds is 1. The van der Waals surface area contributed by atoms with Gasteiger partial charge in [0.2, 0.25) is 0 Å². The van der Waals surface area contributed by atoms with Crippen molar-refractivity contribution in [1.29, 1.82) is 0 Å². The minimum absolute atomic E-state index is 0.0852. The van der Waals surface area contributed by atoms with E-state index < -0.39 is 11.6 Å². The van der Waals surface area contributed by atoms with Crippen LogP contribution >= 0.6 is 0 Å². The van der Waals surface area contributed by atoms with Crippen LogP contribution in [0.25, 0.3) is 22.6 Å². The third-order valence-electron chi connectivity index (χ3n) is 2.38. The number of hydrogen-bond acceptors (Lipinski definition) is 3. The molecular formula is C11H7F2N3O. The first-order chi connectivity index (χ1) is 8.13. The van der Waals surface area contributed by atoms with Crippen LogP contribution in [0.15, 0.2) is 22.7 Å². The molecule has 1 N–H and O–H groups in total. The van der Waals surface area contributed by atoms with Crippen LogP contribution in [0.1, 0.15) is 5.76 Å². The van der Waals surface area contributed by atoms with E-state index in [1.807, 2.05) is 0 Å². The summed E-state index contributed by atoms with van der Waals surface area (Å²) in [6.45, 7) is 1.74. The van der Waals surface area contributed by atoms with Gasteiger partial charge in [-0.1, -0.05) is 5.16 Å². The van der Waals surface area contributed by atoms with Crippen LogP contribution in [0.3, 0.4) is 0 Å². The average molecular weight is 235 g/mol. The molecule has 0 aliphatic carbocycles. The van der Waals surface area contributed by atoms with E-state index >= 15 is 0 Å². The van der Waals surface area contributed by atoms with Crippen LogP contribution in [0.4, 0.5) is 8.78 Å². The summed E-state index contributed by atoms with van der Waals surface area (Å²) < 4.78 is 31.3. The van der Waals surface area contributed by atoms with E-state index in [1.165, 1.54) is 6.07 Å². The molecule has 4 nitrogen and oxygen atoms in total. The maximum atomic E-state index is 13.4. The second kappa shape index (κ2) is 3.38. The second-order valence-corrected chi connectivity index (χ2v) is 3.69. The zero-order valence-corrected chi connectivity index (χ0v) is 8.79. The van der Waals surface area contributed by atoms with E-state index in [1.54, 1.807) is 13.0 Å². The van der Waals surface area contributed by atoms with Crippen molar-refractivity contribution in [3.8, 4) is 11.5 Å². The predicted molar refractivity (Wildman–Crippen MR) is 56.2 cm³/mol. The molecule has 0 radical (unpaired) electrons. The highest BCUT2D eigenvalue weighted by atomic mass is 19.1. The number of imidazole rings is 1. The monoisotopic (exact) mass is 235 g/mol. The van der Waals surface area contributed by atoms with Crippen LogP contribution in [0.2, 0.25) is 0 Å². The SMILES string of the molecule is Cc1cc(-c2nc3c(F)cc(F)cc3[nH]2)no1. The molecule has 0 amide bonds. The molecule has 2 heterocycles. The zero-order chi connectivity index (χ0) is 12.0. The van der Waals surface area contributed by atoms with Crippen LogP contribution in [0.5, 0.6) is 0 Å². The van der Waals surface area contributed by atoms with E-state index in [2.05, 4.69) is 15.1 Å². The Morgan fingerprint density at radius 2 is 2.06 bits per heavy atom. The molecule has 0 aliphatic rings. The quantitative estimate of drug-likeness (QED) is 0.705. The largest absolute Gasteiger partial charge is 0.361 e. The maximum absolute atomic E-state index is 13.4. The summed E-state index contributed by atoms with van der Waals surface area (Å²) >= 11 is 0. The normalized spacial score (nSPS) is 11.2. The number of aromatic nitrogens is 3. The minimum Gasteiger partial charge on any atom is -0.361 e. The second-order valence-electron chi connectivity index (χ2n) is 3.69. The summed E-state index contributed by atoms with van der Waals surface area (Å²) in [5.74, 6) is -0.391. The van der Waals surface area contributed by atoms with Crippen molar-refractivity contribution in [2.45, 2.75) is 6.92 Å². The van der Waals surface area contributed by atoms with Gasteiger partial charge in [-0.25, -0.2) is 13.8 Å². The van der Waals surface area contributed by atoms with Crippen LogP contribution < -0.4 is 0 Å². The van der Waals surface area contributed by atoms with Crippen molar-refractivity contribution in [2.24, 2.45) is 0 Å². The molecule has 3 aromatic rings. The highest BCUT2D eigenvalue weighted by molar-refractivity contribution is 5.79. The average Bonchev–Trinajstić information content (AvgIpc) is 2.83. The third kappa shape index (κ3) is 1.57. The number of H-pyrrole nitrogens is 1. The molecule has 0 saturated heterocycles. The number of nitrogens with one attached hydrogen (secondary N) is 1. The summed E-state index contributed by atoms with van der Waals surface area (Å²) in [5.41, 5.74) is 0.832. The number of aryl methyl sites for hydroxylation is 1. The molecule has 0 bridgehead atoms. The Hall–Kier alpha value is -2.24. The molecule has 0 atom stereocenters. The third-order valence-corrected chi connectivity index (χ3v) is 2.38. The van der Waals surface area contributed by atoms with Gasteiger partial charge < -0.3 is 9.51 Å².